The molecule has 1 heterocycles. The number of nitrogens with zero attached hydrogens (tertiary/aromatic N) is 1. The summed E-state index contributed by atoms with van der Waals surface area (Å²) in [6, 6.07) is 11.4. The Morgan fingerprint density at radius 3 is 2.26 bits per heavy atom. The van der Waals surface area contributed by atoms with Gasteiger partial charge in [0.15, 0.2) is 0 Å². The summed E-state index contributed by atoms with van der Waals surface area (Å²) in [5.41, 5.74) is 0.518. The van der Waals surface area contributed by atoms with Gasteiger partial charge in [0.05, 0.1) is 5.41 Å². The van der Waals surface area contributed by atoms with Gasteiger partial charge < -0.3 is 10.2 Å². The maximum Gasteiger partial charge on any atom is 0.253 e. The number of piperidine rings is 1. The van der Waals surface area contributed by atoms with Crippen molar-refractivity contribution in [2.24, 2.45) is 5.41 Å². The molecule has 0 aromatic heterocycles. The molecule has 1 fully saturated rings. The van der Waals surface area contributed by atoms with Crippen molar-refractivity contribution >= 4 is 11.8 Å². The number of rotatable bonds is 4. The van der Waals surface area contributed by atoms with Crippen LogP contribution in [0.25, 0.3) is 0 Å². The lowest BCUT2D eigenvalue weighted by Gasteiger charge is -2.39. The normalized spacial score (nSPS) is 19.6. The SMILES string of the molecule is C[C@@]1(C(=O)NCc2ccc(F)cc2)CCCN(C(=O)c2ccc(F)cc2)C1. The van der Waals surface area contributed by atoms with E-state index in [0.717, 1.165) is 5.56 Å². The van der Waals surface area contributed by atoms with Crippen molar-refractivity contribution in [1.82, 2.24) is 10.2 Å². The molecule has 0 bridgehead atoms. The summed E-state index contributed by atoms with van der Waals surface area (Å²) >= 11 is 0. The fourth-order valence-electron chi connectivity index (χ4n) is 3.37. The van der Waals surface area contributed by atoms with Gasteiger partial charge in [-0.2, -0.15) is 0 Å². The molecule has 1 aliphatic heterocycles. The van der Waals surface area contributed by atoms with Crippen molar-refractivity contribution in [3.05, 3.63) is 71.3 Å². The summed E-state index contributed by atoms with van der Waals surface area (Å²) in [7, 11) is 0. The van der Waals surface area contributed by atoms with E-state index in [1.165, 1.54) is 36.4 Å². The van der Waals surface area contributed by atoms with Crippen LogP contribution in [0.2, 0.25) is 0 Å². The highest BCUT2D eigenvalue weighted by molar-refractivity contribution is 5.95. The van der Waals surface area contributed by atoms with E-state index in [0.29, 0.717) is 38.0 Å². The van der Waals surface area contributed by atoms with Crippen molar-refractivity contribution in [3.63, 3.8) is 0 Å². The first kappa shape index (κ1) is 19.0. The maximum atomic E-state index is 13.1. The van der Waals surface area contributed by atoms with Crippen molar-refractivity contribution < 1.29 is 18.4 Å². The number of hydrogen-bond donors (Lipinski definition) is 1. The Morgan fingerprint density at radius 2 is 1.63 bits per heavy atom. The number of likely N-dealkylation sites (tertiary alicyclic amines) is 1. The van der Waals surface area contributed by atoms with E-state index in [9.17, 15) is 18.4 Å². The van der Waals surface area contributed by atoms with Crippen molar-refractivity contribution in [1.29, 1.82) is 0 Å². The molecule has 0 saturated carbocycles. The van der Waals surface area contributed by atoms with Crippen LogP contribution in [0.5, 0.6) is 0 Å². The van der Waals surface area contributed by atoms with Crippen LogP contribution in [0.15, 0.2) is 48.5 Å². The lowest BCUT2D eigenvalue weighted by Crippen LogP contribution is -2.51. The monoisotopic (exact) mass is 372 g/mol. The molecule has 3 rings (SSSR count). The maximum absolute atomic E-state index is 13.1. The van der Waals surface area contributed by atoms with E-state index < -0.39 is 11.2 Å². The van der Waals surface area contributed by atoms with Gasteiger partial charge in [-0.05, 0) is 61.7 Å². The van der Waals surface area contributed by atoms with Crippen molar-refractivity contribution in [2.75, 3.05) is 13.1 Å². The molecule has 2 aromatic carbocycles. The fourth-order valence-corrected chi connectivity index (χ4v) is 3.37. The largest absolute Gasteiger partial charge is 0.351 e. The van der Waals surface area contributed by atoms with Crippen LogP contribution in [0.4, 0.5) is 8.78 Å². The van der Waals surface area contributed by atoms with Crippen LogP contribution in [0.3, 0.4) is 0 Å². The lowest BCUT2D eigenvalue weighted by molar-refractivity contribution is -0.132. The molecule has 1 atom stereocenters. The number of nitrogens with one attached hydrogen (secondary N) is 1. The molecule has 0 radical (unpaired) electrons. The van der Waals surface area contributed by atoms with Crippen LogP contribution < -0.4 is 5.32 Å². The number of carbonyl (C=O) groups is 2. The smallest absolute Gasteiger partial charge is 0.253 e. The Kier molecular flexibility index (Phi) is 5.54. The molecule has 0 unspecified atom stereocenters. The highest BCUT2D eigenvalue weighted by Crippen LogP contribution is 2.30. The minimum Gasteiger partial charge on any atom is -0.351 e. The molecular weight excluding hydrogens is 350 g/mol. The van der Waals surface area contributed by atoms with Crippen LogP contribution in [-0.2, 0) is 11.3 Å². The van der Waals surface area contributed by atoms with Gasteiger partial charge in [-0.25, -0.2) is 8.78 Å². The second-order valence-electron chi connectivity index (χ2n) is 7.21. The molecule has 2 amide bonds. The molecule has 1 N–H and O–H groups in total. The lowest BCUT2D eigenvalue weighted by atomic mass is 9.80. The van der Waals surface area contributed by atoms with Crippen molar-refractivity contribution in [2.45, 2.75) is 26.3 Å². The summed E-state index contributed by atoms with van der Waals surface area (Å²) in [4.78, 5) is 27.1. The molecule has 6 heteroatoms. The minimum absolute atomic E-state index is 0.136. The molecule has 1 aliphatic rings. The zero-order valence-corrected chi connectivity index (χ0v) is 15.2. The number of hydrogen-bond acceptors (Lipinski definition) is 2. The molecule has 1 saturated heterocycles. The van der Waals surface area contributed by atoms with E-state index in [4.69, 9.17) is 0 Å². The molecule has 2 aromatic rings. The molecule has 0 spiro atoms. The number of benzene rings is 2. The Balaban J connectivity index is 1.64. The van der Waals surface area contributed by atoms with E-state index in [-0.39, 0.29) is 17.6 Å². The molecule has 4 nitrogen and oxygen atoms in total. The van der Waals surface area contributed by atoms with Gasteiger partial charge in [0.25, 0.3) is 5.91 Å². The van der Waals surface area contributed by atoms with Gasteiger partial charge in [-0.3, -0.25) is 9.59 Å². The first-order chi connectivity index (χ1) is 12.9. The van der Waals surface area contributed by atoms with Crippen molar-refractivity contribution in [3.8, 4) is 0 Å². The quantitative estimate of drug-likeness (QED) is 0.893. The number of halogens is 2. The topological polar surface area (TPSA) is 49.4 Å². The average molecular weight is 372 g/mol. The first-order valence-electron chi connectivity index (χ1n) is 8.95. The zero-order valence-electron chi connectivity index (χ0n) is 15.2. The fraction of sp³-hybridized carbons (Fsp3) is 0.333. The third-order valence-corrected chi connectivity index (χ3v) is 4.99. The van der Waals surface area contributed by atoms with E-state index >= 15 is 0 Å². The first-order valence-corrected chi connectivity index (χ1v) is 8.95. The standard InChI is InChI=1S/C21H22F2N2O2/c1-21(20(27)24-13-15-3-7-17(22)8-4-15)11-2-12-25(14-21)19(26)16-5-9-18(23)10-6-16/h3-10H,2,11-14H2,1H3,(H,24,27)/t21-/m1/s1. The predicted octanol–water partition coefficient (Wildman–Crippen LogP) is 3.52. The van der Waals surface area contributed by atoms with Gasteiger partial charge in [0, 0.05) is 25.2 Å². The Hall–Kier alpha value is -2.76. The highest BCUT2D eigenvalue weighted by Gasteiger charge is 2.39. The average Bonchev–Trinajstić information content (AvgIpc) is 2.67. The summed E-state index contributed by atoms with van der Waals surface area (Å²) in [5, 5.41) is 2.89. The van der Waals surface area contributed by atoms with Gasteiger partial charge in [0.2, 0.25) is 5.91 Å². The third kappa shape index (κ3) is 4.51. The Labute approximate surface area is 157 Å². The Morgan fingerprint density at radius 1 is 1.04 bits per heavy atom. The minimum atomic E-state index is -0.700. The highest BCUT2D eigenvalue weighted by atomic mass is 19.1. The van der Waals surface area contributed by atoms with Gasteiger partial charge in [-0.15, -0.1) is 0 Å². The van der Waals surface area contributed by atoms with Crippen LogP contribution in [-0.4, -0.2) is 29.8 Å². The van der Waals surface area contributed by atoms with E-state index in [1.54, 1.807) is 17.0 Å². The van der Waals surface area contributed by atoms with Gasteiger partial charge in [0.1, 0.15) is 11.6 Å². The summed E-state index contributed by atoms with van der Waals surface area (Å²) < 4.78 is 26.0. The van der Waals surface area contributed by atoms with Gasteiger partial charge >= 0.3 is 0 Å². The summed E-state index contributed by atoms with van der Waals surface area (Å²) in [6.45, 7) is 3.02. The molecule has 0 aliphatic carbocycles. The number of carbonyl (C=O) groups excluding carboxylic acids is 2. The third-order valence-electron chi connectivity index (χ3n) is 4.99. The molecular formula is C21H22F2N2O2. The van der Waals surface area contributed by atoms with Crippen LogP contribution >= 0.6 is 0 Å². The summed E-state index contributed by atoms with van der Waals surface area (Å²) in [6.07, 6.45) is 1.39. The predicted molar refractivity (Wildman–Crippen MR) is 97.9 cm³/mol. The second kappa shape index (κ2) is 7.86. The van der Waals surface area contributed by atoms with Crippen LogP contribution in [0, 0.1) is 17.0 Å². The van der Waals surface area contributed by atoms with E-state index in [1.807, 2.05) is 6.92 Å². The zero-order chi connectivity index (χ0) is 19.4. The van der Waals surface area contributed by atoms with Crippen LogP contribution in [0.1, 0.15) is 35.7 Å². The summed E-state index contributed by atoms with van der Waals surface area (Å²) in [5.74, 6) is -1.05. The Bertz CT molecular complexity index is 821. The van der Waals surface area contributed by atoms with Gasteiger partial charge in [-0.1, -0.05) is 12.1 Å². The second-order valence-corrected chi connectivity index (χ2v) is 7.21. The molecule has 27 heavy (non-hydrogen) atoms. The van der Waals surface area contributed by atoms with E-state index in [2.05, 4.69) is 5.32 Å². The number of amides is 2. The molecule has 142 valence electrons.